The molecule has 0 aliphatic carbocycles. The lowest BCUT2D eigenvalue weighted by atomic mass is 9.73. The van der Waals surface area contributed by atoms with Crippen molar-refractivity contribution >= 4 is 17.7 Å². The van der Waals surface area contributed by atoms with Crippen molar-refractivity contribution in [3.8, 4) is 0 Å². The molecule has 4 atom stereocenters. The predicted octanol–water partition coefficient (Wildman–Crippen LogP) is 2.23. The van der Waals surface area contributed by atoms with E-state index in [-0.39, 0.29) is 11.5 Å². The number of likely N-dealkylation sites (tertiary alicyclic amines) is 1. The second-order valence-corrected chi connectivity index (χ2v) is 9.64. The molecular formula is C21H32N4O2S. The van der Waals surface area contributed by atoms with Crippen molar-refractivity contribution in [2.75, 3.05) is 31.1 Å². The smallest absolute Gasteiger partial charge is 0.230 e. The van der Waals surface area contributed by atoms with Crippen molar-refractivity contribution in [1.29, 1.82) is 0 Å². The molecule has 1 aromatic rings. The number of allylic oxidation sites excluding steroid dienone is 1. The molecule has 0 radical (unpaired) electrons. The Labute approximate surface area is 172 Å². The van der Waals surface area contributed by atoms with E-state index >= 15 is 0 Å². The third-order valence-corrected chi connectivity index (χ3v) is 7.60. The molecule has 0 unspecified atom stereocenters. The van der Waals surface area contributed by atoms with E-state index in [0.717, 1.165) is 51.3 Å². The van der Waals surface area contributed by atoms with Crippen LogP contribution in [0, 0.1) is 18.8 Å². The van der Waals surface area contributed by atoms with Crippen molar-refractivity contribution < 1.29 is 9.53 Å². The number of nitrogens with zero attached hydrogens (tertiary/aromatic N) is 3. The molecule has 3 fully saturated rings. The average Bonchev–Trinajstić information content (AvgIpc) is 3.41. The quantitative estimate of drug-likeness (QED) is 0.640. The number of ether oxygens (including phenoxy) is 1. The highest BCUT2D eigenvalue weighted by atomic mass is 32.2. The first-order valence-corrected chi connectivity index (χ1v) is 11.6. The van der Waals surface area contributed by atoms with Gasteiger partial charge in [0.25, 0.3) is 0 Å². The summed E-state index contributed by atoms with van der Waals surface area (Å²) in [6.45, 7) is 12.5. The second kappa shape index (κ2) is 8.20. The highest BCUT2D eigenvalue weighted by Gasteiger charge is 2.62. The van der Waals surface area contributed by atoms with Crippen LogP contribution in [0.15, 0.2) is 18.9 Å². The molecule has 3 saturated heterocycles. The Morgan fingerprint density at radius 1 is 1.57 bits per heavy atom. The van der Waals surface area contributed by atoms with Crippen LogP contribution >= 0.6 is 11.8 Å². The fraction of sp³-hybridized carbons (Fsp3) is 0.714. The van der Waals surface area contributed by atoms with Crippen molar-refractivity contribution in [2.45, 2.75) is 51.5 Å². The molecule has 154 valence electrons. The number of hydrogen-bond acceptors (Lipinski definition) is 5. The van der Waals surface area contributed by atoms with Crippen LogP contribution in [0.1, 0.15) is 31.0 Å². The first-order valence-electron chi connectivity index (χ1n) is 10.4. The van der Waals surface area contributed by atoms with E-state index in [1.807, 2.05) is 17.0 Å². The van der Waals surface area contributed by atoms with Crippen molar-refractivity contribution in [1.82, 2.24) is 20.0 Å². The minimum absolute atomic E-state index is 0.00322. The fourth-order valence-corrected chi connectivity index (χ4v) is 5.84. The summed E-state index contributed by atoms with van der Waals surface area (Å²) in [6, 6.07) is 0. The van der Waals surface area contributed by atoms with Gasteiger partial charge < -0.3 is 10.1 Å². The van der Waals surface area contributed by atoms with Gasteiger partial charge in [-0.3, -0.25) is 14.4 Å². The lowest BCUT2D eigenvalue weighted by Crippen LogP contribution is -2.42. The molecule has 28 heavy (non-hydrogen) atoms. The molecular weight excluding hydrogens is 372 g/mol. The van der Waals surface area contributed by atoms with Gasteiger partial charge in [0.05, 0.1) is 30.2 Å². The number of nitrogens with one attached hydrogen (secondary N) is 1. The zero-order valence-corrected chi connectivity index (χ0v) is 17.8. The van der Waals surface area contributed by atoms with Crippen LogP contribution in [-0.4, -0.2) is 63.4 Å². The summed E-state index contributed by atoms with van der Waals surface area (Å²) in [5, 5.41) is 7.66. The van der Waals surface area contributed by atoms with Crippen LogP contribution in [0.2, 0.25) is 0 Å². The molecule has 7 heteroatoms. The molecule has 2 bridgehead atoms. The first kappa shape index (κ1) is 20.0. The van der Waals surface area contributed by atoms with Gasteiger partial charge in [-0.15, -0.1) is 6.58 Å². The van der Waals surface area contributed by atoms with E-state index in [0.29, 0.717) is 23.7 Å². The summed E-state index contributed by atoms with van der Waals surface area (Å²) in [5.74, 6) is 2.66. The summed E-state index contributed by atoms with van der Waals surface area (Å²) in [6.07, 6.45) is 6.48. The Balaban J connectivity index is 1.38. The maximum atomic E-state index is 12.1. The molecule has 3 aliphatic rings. The Morgan fingerprint density at radius 2 is 2.43 bits per heavy atom. The minimum Gasteiger partial charge on any atom is -0.370 e. The SMILES string of the molecule is C=CCn1ncc(CN2C[C@@H]3[C@H](CNC(=O)CSCC)[C@H]4CC[C@]3(C2)O4)c1C. The molecule has 0 aromatic carbocycles. The molecule has 1 spiro atoms. The number of hydrogen-bond donors (Lipinski definition) is 1. The van der Waals surface area contributed by atoms with Crippen LogP contribution in [0.5, 0.6) is 0 Å². The van der Waals surface area contributed by atoms with Crippen molar-refractivity contribution in [2.24, 2.45) is 11.8 Å². The lowest BCUT2D eigenvalue weighted by Gasteiger charge is -2.29. The van der Waals surface area contributed by atoms with Crippen LogP contribution < -0.4 is 5.32 Å². The van der Waals surface area contributed by atoms with E-state index in [2.05, 4.69) is 35.7 Å². The number of rotatable bonds is 9. The fourth-order valence-electron chi connectivity index (χ4n) is 5.35. The Morgan fingerprint density at radius 3 is 3.21 bits per heavy atom. The van der Waals surface area contributed by atoms with Crippen LogP contribution in [-0.2, 0) is 22.6 Å². The van der Waals surface area contributed by atoms with E-state index < -0.39 is 0 Å². The Kier molecular flexibility index (Phi) is 5.86. The normalized spacial score (nSPS) is 31.3. The Hall–Kier alpha value is -1.31. The average molecular weight is 405 g/mol. The predicted molar refractivity (Wildman–Crippen MR) is 112 cm³/mol. The highest BCUT2D eigenvalue weighted by Crippen LogP contribution is 2.54. The van der Waals surface area contributed by atoms with Gasteiger partial charge in [0, 0.05) is 49.3 Å². The number of thioether (sulfide) groups is 1. The molecule has 1 aromatic heterocycles. The third kappa shape index (κ3) is 3.64. The van der Waals surface area contributed by atoms with Gasteiger partial charge in [-0.25, -0.2) is 0 Å². The standard InChI is InChI=1S/C21H32N4O2S/c1-4-8-25-15(3)16(9-23-25)11-24-12-18-17(10-22-20(26)13-28-5-2)19-6-7-21(18,14-24)27-19/h4,9,17-19H,1,5-8,10-14H2,2-3H3,(H,22,26)/t17-,18+,19+,21+/m0/s1. The summed E-state index contributed by atoms with van der Waals surface area (Å²) in [5.41, 5.74) is 2.51. The zero-order valence-electron chi connectivity index (χ0n) is 17.0. The van der Waals surface area contributed by atoms with E-state index in [1.165, 1.54) is 11.3 Å². The van der Waals surface area contributed by atoms with Gasteiger partial charge in [0.15, 0.2) is 0 Å². The number of carbonyl (C=O) groups excluding carboxylic acids is 1. The number of fused-ring (bicyclic) bond motifs is 1. The zero-order chi connectivity index (χ0) is 19.7. The monoisotopic (exact) mass is 404 g/mol. The maximum absolute atomic E-state index is 12.1. The topological polar surface area (TPSA) is 59.4 Å². The molecule has 4 rings (SSSR count). The molecule has 4 heterocycles. The van der Waals surface area contributed by atoms with Crippen molar-refractivity contribution in [3.63, 3.8) is 0 Å². The minimum atomic E-state index is 0.00322. The molecule has 0 saturated carbocycles. The number of carbonyl (C=O) groups is 1. The van der Waals surface area contributed by atoms with E-state index in [9.17, 15) is 4.79 Å². The van der Waals surface area contributed by atoms with Gasteiger partial charge in [0.2, 0.25) is 5.91 Å². The maximum Gasteiger partial charge on any atom is 0.230 e. The van der Waals surface area contributed by atoms with Crippen LogP contribution in [0.4, 0.5) is 0 Å². The summed E-state index contributed by atoms with van der Waals surface area (Å²) < 4.78 is 8.53. The lowest BCUT2D eigenvalue weighted by molar-refractivity contribution is -0.118. The van der Waals surface area contributed by atoms with Crippen LogP contribution in [0.3, 0.4) is 0 Å². The first-order chi connectivity index (χ1) is 13.6. The van der Waals surface area contributed by atoms with E-state index in [4.69, 9.17) is 4.74 Å². The van der Waals surface area contributed by atoms with Crippen LogP contribution in [0.25, 0.3) is 0 Å². The number of amides is 1. The van der Waals surface area contributed by atoms with Gasteiger partial charge in [-0.2, -0.15) is 16.9 Å². The second-order valence-electron chi connectivity index (χ2n) is 8.37. The molecule has 1 N–H and O–H groups in total. The Bertz CT molecular complexity index is 736. The summed E-state index contributed by atoms with van der Waals surface area (Å²) >= 11 is 1.67. The third-order valence-electron chi connectivity index (χ3n) is 6.73. The summed E-state index contributed by atoms with van der Waals surface area (Å²) in [4.78, 5) is 14.6. The van der Waals surface area contributed by atoms with Gasteiger partial charge >= 0.3 is 0 Å². The number of aromatic nitrogens is 2. The largest absolute Gasteiger partial charge is 0.370 e. The van der Waals surface area contributed by atoms with Crippen molar-refractivity contribution in [3.05, 3.63) is 30.1 Å². The molecule has 1 amide bonds. The van der Waals surface area contributed by atoms with E-state index in [1.54, 1.807) is 11.8 Å². The van der Waals surface area contributed by atoms with Gasteiger partial charge in [-0.1, -0.05) is 13.0 Å². The molecule has 6 nitrogen and oxygen atoms in total. The van der Waals surface area contributed by atoms with Gasteiger partial charge in [0.1, 0.15) is 0 Å². The molecule has 3 aliphatic heterocycles. The van der Waals surface area contributed by atoms with Gasteiger partial charge in [-0.05, 0) is 25.5 Å². The highest BCUT2D eigenvalue weighted by molar-refractivity contribution is 7.99. The summed E-state index contributed by atoms with van der Waals surface area (Å²) in [7, 11) is 0.